The van der Waals surface area contributed by atoms with Crippen LogP contribution in [0.1, 0.15) is 213 Å². The van der Waals surface area contributed by atoms with Gasteiger partial charge in [-0.3, -0.25) is 9.80 Å². The highest BCUT2D eigenvalue weighted by molar-refractivity contribution is 6.81. The van der Waals surface area contributed by atoms with Crippen molar-refractivity contribution >= 4 is 8.07 Å². The van der Waals surface area contributed by atoms with Crippen LogP contribution in [-0.4, -0.2) is 66.3 Å². The van der Waals surface area contributed by atoms with Crippen LogP contribution in [0.25, 0.3) is 0 Å². The molecule has 8 saturated carbocycles. The van der Waals surface area contributed by atoms with Crippen molar-refractivity contribution in [3.8, 4) is 0 Å². The summed E-state index contributed by atoms with van der Waals surface area (Å²) in [7, 11) is -1.77. The molecular formula is C53H92N2OSi. The number of fused-ring (bicyclic) bond motifs is 10. The largest absolute Gasteiger partial charge is 0.376 e. The lowest BCUT2D eigenvalue weighted by molar-refractivity contribution is -0.00471. The molecule has 14 atom stereocenters. The van der Waals surface area contributed by atoms with E-state index in [0.29, 0.717) is 0 Å². The summed E-state index contributed by atoms with van der Waals surface area (Å²) >= 11 is 0. The van der Waals surface area contributed by atoms with Gasteiger partial charge in [0.15, 0.2) is 0 Å². The van der Waals surface area contributed by atoms with Gasteiger partial charge in [-0.05, 0) is 150 Å². The molecule has 0 aromatic heterocycles. The van der Waals surface area contributed by atoms with E-state index in [2.05, 4.69) is 37.1 Å². The second kappa shape index (κ2) is 17.3. The van der Waals surface area contributed by atoms with Gasteiger partial charge in [0.25, 0.3) is 0 Å². The monoisotopic (exact) mass is 801 g/mol. The average Bonchev–Trinajstić information content (AvgIpc) is 3.96. The summed E-state index contributed by atoms with van der Waals surface area (Å²) in [5.41, 5.74) is 2.27. The topological polar surface area (TPSA) is 15.7 Å². The molecule has 10 fully saturated rings. The van der Waals surface area contributed by atoms with Crippen LogP contribution in [0.2, 0.25) is 23.7 Å². The van der Waals surface area contributed by atoms with Crippen LogP contribution in [0.3, 0.4) is 0 Å². The van der Waals surface area contributed by atoms with E-state index in [1.165, 1.54) is 70.6 Å². The summed E-state index contributed by atoms with van der Waals surface area (Å²) in [4.78, 5) is 6.94. The van der Waals surface area contributed by atoms with Crippen molar-refractivity contribution in [2.45, 2.75) is 279 Å². The number of hydrogen-bond donors (Lipinski definition) is 0. The van der Waals surface area contributed by atoms with Crippen molar-refractivity contribution in [2.24, 2.45) is 47.3 Å². The molecule has 2 heterocycles. The maximum Gasteiger partial charge on any atom is 0.0598 e. The van der Waals surface area contributed by atoms with Crippen LogP contribution in [0.5, 0.6) is 0 Å². The third-order valence-corrected chi connectivity index (χ3v) is 26.9. The van der Waals surface area contributed by atoms with E-state index in [-0.39, 0.29) is 5.60 Å². The minimum atomic E-state index is -1.77. The quantitative estimate of drug-likeness (QED) is 0.153. The lowest BCUT2D eigenvalue weighted by Crippen LogP contribution is -2.52. The maximum atomic E-state index is 6.27. The van der Waals surface area contributed by atoms with E-state index in [4.69, 9.17) is 4.74 Å². The Kier molecular flexibility index (Phi) is 12.5. The molecule has 10 rings (SSSR count). The molecule has 10 aliphatic rings. The fraction of sp³-hybridized carbons (Fsp3) is 1.00. The number of hydrogen-bond acceptors (Lipinski definition) is 3. The molecule has 0 radical (unpaired) electrons. The second-order valence-corrected chi connectivity index (χ2v) is 29.4. The van der Waals surface area contributed by atoms with Gasteiger partial charge in [0.1, 0.15) is 0 Å². The minimum Gasteiger partial charge on any atom is -0.376 e. The first-order valence-corrected chi connectivity index (χ1v) is 29.9. The Morgan fingerprint density at radius 2 is 0.825 bits per heavy atom. The van der Waals surface area contributed by atoms with Crippen molar-refractivity contribution in [1.82, 2.24) is 9.80 Å². The predicted octanol–water partition coefficient (Wildman–Crippen LogP) is 14.2. The van der Waals surface area contributed by atoms with Gasteiger partial charge in [0.2, 0.25) is 0 Å². The molecule has 0 N–H and O–H groups in total. The van der Waals surface area contributed by atoms with Crippen molar-refractivity contribution < 1.29 is 4.74 Å². The number of likely N-dealkylation sites (tertiary alicyclic amines) is 2. The molecule has 14 unspecified atom stereocenters. The smallest absolute Gasteiger partial charge is 0.0598 e. The Labute approximate surface area is 354 Å². The van der Waals surface area contributed by atoms with Crippen molar-refractivity contribution in [1.29, 1.82) is 0 Å². The van der Waals surface area contributed by atoms with Gasteiger partial charge in [-0.1, -0.05) is 135 Å². The van der Waals surface area contributed by atoms with Crippen LogP contribution < -0.4 is 0 Å². The standard InChI is InChI=1S/C53H92N2OSi/c1-53(2,3)56-35-21-5-6-22-36-57(4,51-41-29-15-13-27-39(41)49-47(51)43-31-17-19-33-45(43)54(49)37-23-9-7-10-24-37)52-42-30-16-14-28-40(42)50-48(52)44-32-18-20-34-46(44)55(50)38-25-11-8-12-26-38/h37-52H,5-36H2,1-4H3. The first-order chi connectivity index (χ1) is 27.9. The molecule has 3 nitrogen and oxygen atoms in total. The van der Waals surface area contributed by atoms with Gasteiger partial charge in [-0.25, -0.2) is 0 Å². The highest BCUT2D eigenvalue weighted by Gasteiger charge is 2.72. The summed E-state index contributed by atoms with van der Waals surface area (Å²) < 4.78 is 6.27. The molecule has 0 aromatic carbocycles. The van der Waals surface area contributed by atoms with Crippen LogP contribution in [0.15, 0.2) is 0 Å². The van der Waals surface area contributed by atoms with Gasteiger partial charge in [-0.15, -0.1) is 0 Å². The van der Waals surface area contributed by atoms with Gasteiger partial charge in [0.05, 0.1) is 13.7 Å². The highest BCUT2D eigenvalue weighted by Crippen LogP contribution is 2.73. The van der Waals surface area contributed by atoms with Gasteiger partial charge in [0, 0.05) is 42.9 Å². The molecule has 2 saturated heterocycles. The third-order valence-electron chi connectivity index (χ3n) is 20.8. The molecule has 0 bridgehead atoms. The fourth-order valence-corrected chi connectivity index (χ4v) is 27.0. The Balaban J connectivity index is 1.04. The van der Waals surface area contributed by atoms with Crippen molar-refractivity contribution in [3.05, 3.63) is 0 Å². The molecular weight excluding hydrogens is 709 g/mol. The summed E-state index contributed by atoms with van der Waals surface area (Å²) in [6.45, 7) is 11.0. The summed E-state index contributed by atoms with van der Waals surface area (Å²) in [6.07, 6.45) is 46.2. The Morgan fingerprint density at radius 1 is 0.439 bits per heavy atom. The maximum absolute atomic E-state index is 6.27. The predicted molar refractivity (Wildman–Crippen MR) is 242 cm³/mol. The lowest BCUT2D eigenvalue weighted by atomic mass is 9.76. The van der Waals surface area contributed by atoms with Crippen LogP contribution in [0.4, 0.5) is 0 Å². The zero-order valence-corrected chi connectivity index (χ0v) is 39.2. The van der Waals surface area contributed by atoms with Gasteiger partial charge < -0.3 is 4.74 Å². The molecule has 4 heteroatoms. The first-order valence-electron chi connectivity index (χ1n) is 27.0. The summed E-state index contributed by atoms with van der Waals surface area (Å²) in [6, 6.07) is 7.43. The minimum absolute atomic E-state index is 0.00409. The zero-order valence-electron chi connectivity index (χ0n) is 38.2. The second-order valence-electron chi connectivity index (χ2n) is 24.6. The van der Waals surface area contributed by atoms with E-state index in [1.807, 2.05) is 0 Å². The number of ether oxygens (including phenoxy) is 1. The summed E-state index contributed by atoms with van der Waals surface area (Å²) in [5, 5.41) is 0. The van der Waals surface area contributed by atoms with Crippen LogP contribution in [-0.2, 0) is 4.74 Å². The third kappa shape index (κ3) is 7.48. The molecule has 0 aromatic rings. The van der Waals surface area contributed by atoms with Crippen molar-refractivity contribution in [3.63, 3.8) is 0 Å². The number of rotatable bonds is 11. The van der Waals surface area contributed by atoms with Crippen molar-refractivity contribution in [2.75, 3.05) is 6.61 Å². The summed E-state index contributed by atoms with van der Waals surface area (Å²) in [5.74, 6) is 8.50. The first kappa shape index (κ1) is 41.1. The van der Waals surface area contributed by atoms with Crippen LogP contribution in [0, 0.1) is 47.3 Å². The normalized spacial score (nSPS) is 45.5. The molecule has 8 aliphatic carbocycles. The molecule has 57 heavy (non-hydrogen) atoms. The average molecular weight is 801 g/mol. The molecule has 324 valence electrons. The van der Waals surface area contributed by atoms with E-state index < -0.39 is 8.07 Å². The van der Waals surface area contributed by atoms with Crippen LogP contribution >= 0.6 is 0 Å². The highest BCUT2D eigenvalue weighted by atomic mass is 28.3. The zero-order chi connectivity index (χ0) is 38.7. The Hall–Kier alpha value is 0.0969. The SMILES string of the molecule is CC(C)(C)OCCCCCC[Si](C)(C1C2CCCCC2C2C1C1CCCCC1N2C1CCCCC1)C1C2CCCCC2C2C1C1CCCCC1N2C1CCCCC1. The Bertz CT molecular complexity index is 1230. The number of unbranched alkanes of at least 4 members (excludes halogenated alkanes) is 3. The van der Waals surface area contributed by atoms with E-state index in [0.717, 1.165) is 101 Å². The van der Waals surface area contributed by atoms with Gasteiger partial charge in [-0.2, -0.15) is 0 Å². The Morgan fingerprint density at radius 3 is 1.28 bits per heavy atom. The van der Waals surface area contributed by atoms with Gasteiger partial charge >= 0.3 is 0 Å². The van der Waals surface area contributed by atoms with E-state index >= 15 is 0 Å². The lowest BCUT2D eigenvalue weighted by Gasteiger charge is -2.53. The molecule has 2 aliphatic heterocycles. The molecule has 0 amide bonds. The number of nitrogens with zero attached hydrogens (tertiary/aromatic N) is 2. The molecule has 0 spiro atoms. The van der Waals surface area contributed by atoms with E-state index in [9.17, 15) is 0 Å². The van der Waals surface area contributed by atoms with E-state index in [1.54, 1.807) is 128 Å². The fourth-order valence-electron chi connectivity index (χ4n) is 19.5.